The van der Waals surface area contributed by atoms with Crippen molar-refractivity contribution in [1.29, 1.82) is 0 Å². The maximum atomic E-state index is 4.34. The number of rotatable bonds is 3. The molecule has 1 N–H and O–H groups in total. The highest BCUT2D eigenvalue weighted by molar-refractivity contribution is 5.90. The molecule has 3 nitrogen and oxygen atoms in total. The Hall–Kier alpha value is -2.13. The molecule has 1 aromatic heterocycles. The molecule has 0 aliphatic heterocycles. The number of nitrogens with one attached hydrogen (secondary N) is 1. The topological polar surface area (TPSA) is 37.8 Å². The number of hydrogen-bond acceptors (Lipinski definition) is 3. The van der Waals surface area contributed by atoms with Gasteiger partial charge in [0.2, 0.25) is 0 Å². The first-order valence-electron chi connectivity index (χ1n) is 6.81. The highest BCUT2D eigenvalue weighted by Crippen LogP contribution is 2.24. The van der Waals surface area contributed by atoms with Crippen molar-refractivity contribution < 1.29 is 0 Å². The van der Waals surface area contributed by atoms with Gasteiger partial charge in [-0.05, 0) is 35.7 Å². The number of hydrogen-bond donors (Lipinski definition) is 1. The van der Waals surface area contributed by atoms with Crippen LogP contribution in [0.2, 0.25) is 0 Å². The van der Waals surface area contributed by atoms with Gasteiger partial charge < -0.3 is 5.32 Å². The largest absolute Gasteiger partial charge is 0.340 e. The van der Waals surface area contributed by atoms with Gasteiger partial charge in [-0.25, -0.2) is 9.97 Å². The fourth-order valence-corrected chi connectivity index (χ4v) is 2.19. The molecular weight excluding hydrogens is 282 g/mol. The van der Waals surface area contributed by atoms with Crippen LogP contribution in [0, 0.1) is 0 Å². The Morgan fingerprint density at radius 1 is 0.905 bits per heavy atom. The van der Waals surface area contributed by atoms with E-state index in [-0.39, 0.29) is 12.4 Å². The Labute approximate surface area is 130 Å². The maximum absolute atomic E-state index is 4.34. The first-order chi connectivity index (χ1) is 9.74. The van der Waals surface area contributed by atoms with Gasteiger partial charge in [-0.1, -0.05) is 38.1 Å². The number of nitrogens with zero attached hydrogens (tertiary/aromatic N) is 2. The molecule has 0 radical (unpaired) electrons. The molecule has 3 aromatic rings. The molecule has 0 bridgehead atoms. The van der Waals surface area contributed by atoms with Crippen LogP contribution in [-0.4, -0.2) is 9.97 Å². The molecule has 0 amide bonds. The second-order valence-corrected chi connectivity index (χ2v) is 5.14. The van der Waals surface area contributed by atoms with Crippen molar-refractivity contribution in [3.05, 3.63) is 60.4 Å². The molecule has 0 aliphatic rings. The summed E-state index contributed by atoms with van der Waals surface area (Å²) in [6.45, 7) is 4.39. The second kappa shape index (κ2) is 6.55. The first-order valence-corrected chi connectivity index (χ1v) is 6.81. The Kier molecular flexibility index (Phi) is 4.76. The molecule has 0 fully saturated rings. The van der Waals surface area contributed by atoms with E-state index in [2.05, 4.69) is 53.4 Å². The predicted octanol–water partition coefficient (Wildman–Crippen LogP) is 4.92. The molecule has 0 unspecified atom stereocenters. The summed E-state index contributed by atoms with van der Waals surface area (Å²) in [7, 11) is 0. The summed E-state index contributed by atoms with van der Waals surface area (Å²) < 4.78 is 0. The lowest BCUT2D eigenvalue weighted by Gasteiger charge is -2.10. The number of anilines is 2. The summed E-state index contributed by atoms with van der Waals surface area (Å²) in [6.07, 6.45) is 1.59. The van der Waals surface area contributed by atoms with E-state index in [0.29, 0.717) is 5.92 Å². The van der Waals surface area contributed by atoms with Gasteiger partial charge in [0.15, 0.2) is 0 Å². The summed E-state index contributed by atoms with van der Waals surface area (Å²) in [5.74, 6) is 1.39. The molecule has 3 rings (SSSR count). The highest BCUT2D eigenvalue weighted by Gasteiger charge is 2.04. The molecule has 21 heavy (non-hydrogen) atoms. The summed E-state index contributed by atoms with van der Waals surface area (Å²) in [5.41, 5.74) is 3.32. The summed E-state index contributed by atoms with van der Waals surface area (Å²) in [6, 6.07) is 16.5. The molecule has 0 aliphatic carbocycles. The Morgan fingerprint density at radius 2 is 1.62 bits per heavy atom. The van der Waals surface area contributed by atoms with Crippen LogP contribution in [0.15, 0.2) is 54.9 Å². The van der Waals surface area contributed by atoms with Gasteiger partial charge in [0.1, 0.15) is 12.1 Å². The monoisotopic (exact) mass is 299 g/mol. The van der Waals surface area contributed by atoms with Gasteiger partial charge in [0, 0.05) is 11.1 Å². The van der Waals surface area contributed by atoms with Crippen LogP contribution in [0.1, 0.15) is 25.3 Å². The molecule has 0 atom stereocenters. The van der Waals surface area contributed by atoms with Crippen molar-refractivity contribution in [2.45, 2.75) is 19.8 Å². The van der Waals surface area contributed by atoms with E-state index in [1.165, 1.54) is 5.56 Å². The zero-order valence-electron chi connectivity index (χ0n) is 12.1. The van der Waals surface area contributed by atoms with Gasteiger partial charge >= 0.3 is 0 Å². The van der Waals surface area contributed by atoms with E-state index in [4.69, 9.17) is 0 Å². The van der Waals surface area contributed by atoms with E-state index >= 15 is 0 Å². The van der Waals surface area contributed by atoms with Crippen molar-refractivity contribution >= 4 is 34.8 Å². The van der Waals surface area contributed by atoms with E-state index in [1.54, 1.807) is 6.33 Å². The average molecular weight is 300 g/mol. The maximum Gasteiger partial charge on any atom is 0.141 e. The quantitative estimate of drug-likeness (QED) is 0.746. The van der Waals surface area contributed by atoms with Crippen LogP contribution in [-0.2, 0) is 0 Å². The van der Waals surface area contributed by atoms with Crippen LogP contribution in [0.25, 0.3) is 10.9 Å². The van der Waals surface area contributed by atoms with Gasteiger partial charge in [0.25, 0.3) is 0 Å². The lowest BCUT2D eigenvalue weighted by molar-refractivity contribution is 0.867. The van der Waals surface area contributed by atoms with E-state index < -0.39 is 0 Å². The Balaban J connectivity index is 0.00000161. The average Bonchev–Trinajstić information content (AvgIpc) is 2.48. The number of halogens is 1. The smallest absolute Gasteiger partial charge is 0.141 e. The molecule has 108 valence electrons. The van der Waals surface area contributed by atoms with E-state index in [0.717, 1.165) is 22.4 Å². The zero-order valence-corrected chi connectivity index (χ0v) is 12.9. The van der Waals surface area contributed by atoms with Gasteiger partial charge in [-0.2, -0.15) is 0 Å². The van der Waals surface area contributed by atoms with Crippen molar-refractivity contribution in [3.63, 3.8) is 0 Å². The molecule has 0 spiro atoms. The minimum atomic E-state index is 0. The minimum absolute atomic E-state index is 0. The molecule has 2 aromatic carbocycles. The summed E-state index contributed by atoms with van der Waals surface area (Å²) in [5, 5.41) is 4.39. The van der Waals surface area contributed by atoms with Crippen LogP contribution in [0.3, 0.4) is 0 Å². The normalized spacial score (nSPS) is 10.4. The number of para-hydroxylation sites is 1. The highest BCUT2D eigenvalue weighted by atomic mass is 35.5. The molecule has 0 saturated carbocycles. The summed E-state index contributed by atoms with van der Waals surface area (Å²) >= 11 is 0. The first kappa shape index (κ1) is 15.3. The standard InChI is InChI=1S/C17H17N3.ClH/c1-12(2)13-7-9-14(10-8-13)20-17-15-5-3-4-6-16(15)18-11-19-17;/h3-12H,1-2H3,(H,18,19,20);1H. The molecular formula is C17H18ClN3. The van der Waals surface area contributed by atoms with Crippen LogP contribution < -0.4 is 5.32 Å². The third kappa shape index (κ3) is 3.31. The van der Waals surface area contributed by atoms with E-state index in [9.17, 15) is 0 Å². The molecule has 1 heterocycles. The summed E-state index contributed by atoms with van der Waals surface area (Å²) in [4.78, 5) is 8.61. The third-order valence-electron chi connectivity index (χ3n) is 3.38. The van der Waals surface area contributed by atoms with Crippen LogP contribution in [0.5, 0.6) is 0 Å². The van der Waals surface area contributed by atoms with Crippen molar-refractivity contribution in [2.75, 3.05) is 5.32 Å². The second-order valence-electron chi connectivity index (χ2n) is 5.14. The third-order valence-corrected chi connectivity index (χ3v) is 3.38. The lowest BCUT2D eigenvalue weighted by Crippen LogP contribution is -1.96. The Bertz CT molecular complexity index is 718. The fourth-order valence-electron chi connectivity index (χ4n) is 2.19. The SMILES string of the molecule is CC(C)c1ccc(Nc2ncnc3ccccc23)cc1.Cl. The van der Waals surface area contributed by atoms with Crippen molar-refractivity contribution in [2.24, 2.45) is 0 Å². The molecule has 4 heteroatoms. The number of aromatic nitrogens is 2. The lowest BCUT2D eigenvalue weighted by atomic mass is 10.0. The minimum Gasteiger partial charge on any atom is -0.340 e. The van der Waals surface area contributed by atoms with Gasteiger partial charge in [-0.3, -0.25) is 0 Å². The predicted molar refractivity (Wildman–Crippen MR) is 90.6 cm³/mol. The van der Waals surface area contributed by atoms with E-state index in [1.807, 2.05) is 24.3 Å². The van der Waals surface area contributed by atoms with Crippen molar-refractivity contribution in [3.8, 4) is 0 Å². The number of benzene rings is 2. The van der Waals surface area contributed by atoms with Crippen molar-refractivity contribution in [1.82, 2.24) is 9.97 Å². The fraction of sp³-hybridized carbons (Fsp3) is 0.176. The number of fused-ring (bicyclic) bond motifs is 1. The van der Waals surface area contributed by atoms with Gasteiger partial charge in [-0.15, -0.1) is 12.4 Å². The van der Waals surface area contributed by atoms with Gasteiger partial charge in [0.05, 0.1) is 5.52 Å². The zero-order chi connectivity index (χ0) is 13.9. The molecule has 0 saturated heterocycles. The Morgan fingerprint density at radius 3 is 2.33 bits per heavy atom. The van der Waals surface area contributed by atoms with Crippen LogP contribution >= 0.6 is 12.4 Å². The van der Waals surface area contributed by atoms with Crippen LogP contribution in [0.4, 0.5) is 11.5 Å².